The molecular formula is C26H32N4O3. The summed E-state index contributed by atoms with van der Waals surface area (Å²) in [6.45, 7) is 3.55. The van der Waals surface area contributed by atoms with Gasteiger partial charge in [0.2, 0.25) is 11.8 Å². The Morgan fingerprint density at radius 2 is 1.61 bits per heavy atom. The third-order valence-corrected chi connectivity index (χ3v) is 6.66. The van der Waals surface area contributed by atoms with E-state index in [0.717, 1.165) is 18.5 Å². The van der Waals surface area contributed by atoms with Gasteiger partial charge < -0.3 is 20.0 Å². The maximum atomic E-state index is 13.7. The Kier molecular flexibility index (Phi) is 6.96. The van der Waals surface area contributed by atoms with Crippen molar-refractivity contribution in [2.45, 2.75) is 44.6 Å². The monoisotopic (exact) mass is 448 g/mol. The Hall–Kier alpha value is -3.35. The topological polar surface area (TPSA) is 73.0 Å². The van der Waals surface area contributed by atoms with E-state index in [0.29, 0.717) is 44.7 Å². The number of rotatable bonds is 7. The van der Waals surface area contributed by atoms with Crippen LogP contribution in [0.1, 0.15) is 39.0 Å². The molecule has 7 nitrogen and oxygen atoms in total. The second-order valence-corrected chi connectivity index (χ2v) is 8.84. The number of likely N-dealkylation sites (tertiary alicyclic amines) is 1. The first-order chi connectivity index (χ1) is 16.0. The predicted octanol–water partition coefficient (Wildman–Crippen LogP) is 3.48. The smallest absolute Gasteiger partial charge is 0.250 e. The number of nitrogens with one attached hydrogen (secondary N) is 1. The average molecular weight is 449 g/mol. The zero-order valence-corrected chi connectivity index (χ0v) is 19.2. The van der Waals surface area contributed by atoms with Gasteiger partial charge in [-0.25, -0.2) is 0 Å². The van der Waals surface area contributed by atoms with Gasteiger partial charge in [-0.05, 0) is 43.5 Å². The Morgan fingerprint density at radius 3 is 2.24 bits per heavy atom. The number of hydrogen-bond donors (Lipinski definition) is 1. The van der Waals surface area contributed by atoms with Crippen LogP contribution in [0.5, 0.6) is 0 Å². The van der Waals surface area contributed by atoms with Crippen LogP contribution < -0.4 is 10.2 Å². The second kappa shape index (κ2) is 10.1. The van der Waals surface area contributed by atoms with Gasteiger partial charge in [-0.15, -0.1) is 0 Å². The van der Waals surface area contributed by atoms with Gasteiger partial charge in [0.1, 0.15) is 12.1 Å². The first-order valence-electron chi connectivity index (χ1n) is 11.8. The zero-order chi connectivity index (χ0) is 23.3. The molecule has 2 aliphatic heterocycles. The molecule has 3 amide bonds. The molecule has 174 valence electrons. The minimum Gasteiger partial charge on any atom is -0.342 e. The molecule has 2 fully saturated rings. The maximum Gasteiger partial charge on any atom is 0.250 e. The van der Waals surface area contributed by atoms with Gasteiger partial charge in [0.25, 0.3) is 5.91 Å². The van der Waals surface area contributed by atoms with Gasteiger partial charge >= 0.3 is 0 Å². The molecule has 0 atom stereocenters. The van der Waals surface area contributed by atoms with Crippen LogP contribution in [0, 0.1) is 0 Å². The third kappa shape index (κ3) is 4.87. The van der Waals surface area contributed by atoms with Gasteiger partial charge in [0, 0.05) is 30.9 Å². The molecule has 2 saturated heterocycles. The Morgan fingerprint density at radius 1 is 0.970 bits per heavy atom. The van der Waals surface area contributed by atoms with E-state index < -0.39 is 5.54 Å². The van der Waals surface area contributed by atoms with Crippen molar-refractivity contribution in [3.05, 3.63) is 60.7 Å². The van der Waals surface area contributed by atoms with Gasteiger partial charge in [-0.1, -0.05) is 49.7 Å². The van der Waals surface area contributed by atoms with Crippen molar-refractivity contribution < 1.29 is 14.4 Å². The number of para-hydroxylation sites is 2. The zero-order valence-electron chi connectivity index (χ0n) is 19.2. The SMILES string of the molecule is CCCCC(=O)N1CCC2(CC1)C(=O)N(CC(=O)Nc1ccccc1)CN2c1ccccc1. The second-order valence-electron chi connectivity index (χ2n) is 8.84. The first-order valence-corrected chi connectivity index (χ1v) is 11.8. The highest BCUT2D eigenvalue weighted by Crippen LogP contribution is 2.39. The molecule has 0 bridgehead atoms. The quantitative estimate of drug-likeness (QED) is 0.704. The minimum absolute atomic E-state index is 0.00203. The normalized spacial score (nSPS) is 17.5. The molecule has 4 rings (SSSR count). The van der Waals surface area contributed by atoms with Crippen molar-refractivity contribution in [2.24, 2.45) is 0 Å². The molecular weight excluding hydrogens is 416 g/mol. The van der Waals surface area contributed by atoms with Crippen LogP contribution in [0.15, 0.2) is 60.7 Å². The summed E-state index contributed by atoms with van der Waals surface area (Å²) in [5.74, 6) is -0.0792. The van der Waals surface area contributed by atoms with Crippen LogP contribution in [0.25, 0.3) is 0 Å². The molecule has 0 aliphatic carbocycles. The number of amides is 3. The van der Waals surface area contributed by atoms with Gasteiger partial charge in [-0.3, -0.25) is 14.4 Å². The molecule has 2 aromatic rings. The van der Waals surface area contributed by atoms with Crippen LogP contribution in [0.4, 0.5) is 11.4 Å². The molecule has 1 spiro atoms. The fourth-order valence-electron chi connectivity index (χ4n) is 4.83. The molecule has 2 heterocycles. The lowest BCUT2D eigenvalue weighted by atomic mass is 9.85. The van der Waals surface area contributed by atoms with Crippen LogP contribution in [0.2, 0.25) is 0 Å². The van der Waals surface area contributed by atoms with Crippen LogP contribution in [-0.2, 0) is 14.4 Å². The molecule has 0 saturated carbocycles. The van der Waals surface area contributed by atoms with Crippen LogP contribution >= 0.6 is 0 Å². The third-order valence-electron chi connectivity index (χ3n) is 6.66. The van der Waals surface area contributed by atoms with Crippen molar-refractivity contribution >= 4 is 29.1 Å². The number of carbonyl (C=O) groups excluding carboxylic acids is 3. The van der Waals surface area contributed by atoms with Crippen LogP contribution in [0.3, 0.4) is 0 Å². The highest BCUT2D eigenvalue weighted by atomic mass is 16.2. The van der Waals surface area contributed by atoms with Gasteiger partial charge in [0.05, 0.1) is 6.67 Å². The highest BCUT2D eigenvalue weighted by Gasteiger charge is 2.54. The van der Waals surface area contributed by atoms with E-state index in [1.54, 1.807) is 4.90 Å². The molecule has 2 aromatic carbocycles. The van der Waals surface area contributed by atoms with Crippen molar-refractivity contribution in [2.75, 3.05) is 36.5 Å². The van der Waals surface area contributed by atoms with E-state index in [2.05, 4.69) is 17.1 Å². The van der Waals surface area contributed by atoms with Gasteiger partial charge in [0.15, 0.2) is 0 Å². The standard InChI is InChI=1S/C26H32N4O3/c1-2-3-14-24(32)28-17-15-26(16-18-28)25(33)29(20-30(26)22-12-8-5-9-13-22)19-23(31)27-21-10-6-4-7-11-21/h4-13H,2-3,14-20H2,1H3,(H,27,31). The molecule has 7 heteroatoms. The molecule has 1 N–H and O–H groups in total. The van der Waals surface area contributed by atoms with E-state index in [1.165, 1.54) is 0 Å². The molecule has 0 unspecified atom stereocenters. The van der Waals surface area contributed by atoms with Crippen LogP contribution in [-0.4, -0.2) is 59.4 Å². The number of carbonyl (C=O) groups is 3. The molecule has 0 radical (unpaired) electrons. The minimum atomic E-state index is -0.726. The summed E-state index contributed by atoms with van der Waals surface area (Å²) in [6, 6.07) is 19.1. The summed E-state index contributed by atoms with van der Waals surface area (Å²) in [5, 5.41) is 2.87. The predicted molar refractivity (Wildman–Crippen MR) is 129 cm³/mol. The van der Waals surface area contributed by atoms with E-state index in [9.17, 15) is 14.4 Å². The molecule has 0 aromatic heterocycles. The first kappa shape index (κ1) is 22.8. The van der Waals surface area contributed by atoms with E-state index in [4.69, 9.17) is 0 Å². The summed E-state index contributed by atoms with van der Waals surface area (Å²) in [5.41, 5.74) is 0.945. The summed E-state index contributed by atoms with van der Waals surface area (Å²) in [7, 11) is 0. The Labute approximate surface area is 195 Å². The fraction of sp³-hybridized carbons (Fsp3) is 0.423. The summed E-state index contributed by atoms with van der Waals surface area (Å²) < 4.78 is 0. The van der Waals surface area contributed by atoms with Crippen molar-refractivity contribution in [3.8, 4) is 0 Å². The summed E-state index contributed by atoms with van der Waals surface area (Å²) in [4.78, 5) is 44.6. The Balaban J connectivity index is 1.50. The largest absolute Gasteiger partial charge is 0.342 e. The van der Waals surface area contributed by atoms with Crippen molar-refractivity contribution in [1.82, 2.24) is 9.80 Å². The lowest BCUT2D eigenvalue weighted by molar-refractivity contribution is -0.139. The average Bonchev–Trinajstić information content (AvgIpc) is 3.10. The maximum absolute atomic E-state index is 13.7. The summed E-state index contributed by atoms with van der Waals surface area (Å²) >= 11 is 0. The lowest BCUT2D eigenvalue weighted by Gasteiger charge is -2.43. The number of benzene rings is 2. The van der Waals surface area contributed by atoms with Crippen molar-refractivity contribution in [1.29, 1.82) is 0 Å². The van der Waals surface area contributed by atoms with E-state index in [-0.39, 0.29) is 24.3 Å². The van der Waals surface area contributed by atoms with E-state index in [1.807, 2.05) is 65.6 Å². The number of nitrogens with zero attached hydrogens (tertiary/aromatic N) is 3. The lowest BCUT2D eigenvalue weighted by Crippen LogP contribution is -2.57. The Bertz CT molecular complexity index is 972. The van der Waals surface area contributed by atoms with E-state index >= 15 is 0 Å². The molecule has 33 heavy (non-hydrogen) atoms. The van der Waals surface area contributed by atoms with Crippen molar-refractivity contribution in [3.63, 3.8) is 0 Å². The number of unbranched alkanes of at least 4 members (excludes halogenated alkanes) is 1. The summed E-state index contributed by atoms with van der Waals surface area (Å²) in [6.07, 6.45) is 3.57. The van der Waals surface area contributed by atoms with Gasteiger partial charge in [-0.2, -0.15) is 0 Å². The fourth-order valence-corrected chi connectivity index (χ4v) is 4.83. The number of piperidine rings is 1. The number of anilines is 2. The molecule has 2 aliphatic rings. The number of hydrogen-bond acceptors (Lipinski definition) is 4. The highest BCUT2D eigenvalue weighted by molar-refractivity contribution is 5.99.